The molecule has 1 saturated heterocycles. The maximum Gasteiger partial charge on any atom is 0.409 e. The molecule has 3 aromatic rings. The number of imidazole rings is 1. The van der Waals surface area contributed by atoms with Crippen molar-refractivity contribution in [2.75, 3.05) is 30.8 Å². The summed E-state index contributed by atoms with van der Waals surface area (Å²) in [4.78, 5) is 22.3. The van der Waals surface area contributed by atoms with Gasteiger partial charge in [-0.2, -0.15) is 20.0 Å². The summed E-state index contributed by atoms with van der Waals surface area (Å²) in [5.41, 5.74) is 2.51. The molecule has 1 aromatic carbocycles. The van der Waals surface area contributed by atoms with Gasteiger partial charge in [0.25, 0.3) is 0 Å². The van der Waals surface area contributed by atoms with Crippen LogP contribution in [0.15, 0.2) is 18.3 Å². The minimum atomic E-state index is -0.345. The summed E-state index contributed by atoms with van der Waals surface area (Å²) in [6, 6.07) is 8.03. The average Bonchev–Trinajstić information content (AvgIpc) is 3.60. The molecule has 0 bridgehead atoms. The van der Waals surface area contributed by atoms with Crippen LogP contribution in [0.4, 0.5) is 22.2 Å². The van der Waals surface area contributed by atoms with Crippen molar-refractivity contribution in [1.29, 1.82) is 10.5 Å². The molecule has 178 valence electrons. The van der Waals surface area contributed by atoms with Crippen molar-refractivity contribution >= 4 is 40.8 Å². The molecule has 3 heterocycles. The minimum Gasteiger partial charge on any atom is -0.453 e. The zero-order valence-electron chi connectivity index (χ0n) is 19.0. The summed E-state index contributed by atoms with van der Waals surface area (Å²) in [5.74, 6) is 0.819. The predicted octanol–water partition coefficient (Wildman–Crippen LogP) is 3.78. The van der Waals surface area contributed by atoms with Crippen molar-refractivity contribution in [3.63, 3.8) is 0 Å². The number of ether oxygens (including phenoxy) is 1. The number of halogens is 1. The molecular formula is C23H22ClN9O2. The summed E-state index contributed by atoms with van der Waals surface area (Å²) in [7, 11) is 1.37. The van der Waals surface area contributed by atoms with E-state index in [0.717, 1.165) is 18.4 Å². The lowest BCUT2D eigenvalue weighted by atomic mass is 9.88. The number of piperidine rings is 1. The fraction of sp³-hybridized carbons (Fsp3) is 0.391. The lowest BCUT2D eigenvalue weighted by molar-refractivity contribution is 0.112. The number of rotatable bonds is 5. The third kappa shape index (κ3) is 4.51. The Morgan fingerprint density at radius 3 is 2.63 bits per heavy atom. The number of benzene rings is 1. The molecule has 2 fully saturated rings. The molecule has 2 aliphatic rings. The van der Waals surface area contributed by atoms with Crippen LogP contribution in [0.3, 0.4) is 0 Å². The Balaban J connectivity index is 1.47. The van der Waals surface area contributed by atoms with Crippen molar-refractivity contribution in [2.45, 2.75) is 37.6 Å². The number of methoxy groups -OCH3 is 1. The molecule has 0 unspecified atom stereocenters. The third-order valence-electron chi connectivity index (χ3n) is 6.24. The van der Waals surface area contributed by atoms with E-state index in [1.165, 1.54) is 17.8 Å². The van der Waals surface area contributed by atoms with E-state index in [-0.39, 0.29) is 23.7 Å². The second-order valence-electron chi connectivity index (χ2n) is 8.59. The number of nitriles is 2. The number of carbonyl (C=O) groups excluding carboxylic acids is 1. The molecule has 1 aliphatic carbocycles. The Morgan fingerprint density at radius 1 is 1.20 bits per heavy atom. The number of anilines is 3. The van der Waals surface area contributed by atoms with E-state index in [0.29, 0.717) is 59.7 Å². The number of nitrogens with zero attached hydrogens (tertiary/aromatic N) is 7. The molecule has 11 nitrogen and oxygen atoms in total. The summed E-state index contributed by atoms with van der Waals surface area (Å²) in [6.45, 7) is 1.08. The highest BCUT2D eigenvalue weighted by Gasteiger charge is 2.28. The van der Waals surface area contributed by atoms with Gasteiger partial charge in [0.15, 0.2) is 17.2 Å². The van der Waals surface area contributed by atoms with E-state index < -0.39 is 0 Å². The number of hydrogen-bond donors (Lipinski definition) is 2. The number of likely N-dealkylation sites (tertiary alicyclic amines) is 1. The van der Waals surface area contributed by atoms with Crippen molar-refractivity contribution in [3.8, 4) is 12.1 Å². The Bertz CT molecular complexity index is 1380. The van der Waals surface area contributed by atoms with Crippen molar-refractivity contribution < 1.29 is 9.53 Å². The first-order chi connectivity index (χ1) is 17.0. The Morgan fingerprint density at radius 2 is 1.97 bits per heavy atom. The Labute approximate surface area is 206 Å². The number of fused-ring (bicyclic) bond motifs is 1. The van der Waals surface area contributed by atoms with E-state index in [1.807, 2.05) is 0 Å². The van der Waals surface area contributed by atoms with Gasteiger partial charge in [-0.3, -0.25) is 0 Å². The molecule has 35 heavy (non-hydrogen) atoms. The fourth-order valence-corrected chi connectivity index (χ4v) is 4.56. The van der Waals surface area contributed by atoms with E-state index in [1.54, 1.807) is 17.0 Å². The molecule has 1 saturated carbocycles. The van der Waals surface area contributed by atoms with Crippen LogP contribution >= 0.6 is 11.6 Å². The van der Waals surface area contributed by atoms with Gasteiger partial charge in [0.05, 0.1) is 35.6 Å². The smallest absolute Gasteiger partial charge is 0.409 e. The fourth-order valence-electron chi connectivity index (χ4n) is 4.25. The summed E-state index contributed by atoms with van der Waals surface area (Å²) in [6.07, 6.45) is 4.58. The van der Waals surface area contributed by atoms with Gasteiger partial charge in [-0.05, 0) is 49.3 Å². The lowest BCUT2D eigenvalue weighted by Crippen LogP contribution is -2.37. The van der Waals surface area contributed by atoms with Gasteiger partial charge in [-0.15, -0.1) is 5.10 Å². The molecular weight excluding hydrogens is 470 g/mol. The molecule has 0 spiro atoms. The van der Waals surface area contributed by atoms with Crippen LogP contribution in [0.5, 0.6) is 0 Å². The van der Waals surface area contributed by atoms with Crippen LogP contribution < -0.4 is 10.6 Å². The highest BCUT2D eigenvalue weighted by molar-refractivity contribution is 6.34. The van der Waals surface area contributed by atoms with Crippen LogP contribution in [0.1, 0.15) is 48.4 Å². The van der Waals surface area contributed by atoms with E-state index in [9.17, 15) is 15.3 Å². The summed E-state index contributed by atoms with van der Waals surface area (Å²) < 4.78 is 6.25. The van der Waals surface area contributed by atoms with Gasteiger partial charge in [-0.25, -0.2) is 9.78 Å². The predicted molar refractivity (Wildman–Crippen MR) is 128 cm³/mol. The van der Waals surface area contributed by atoms with Gasteiger partial charge < -0.3 is 20.3 Å². The Hall–Kier alpha value is -4.09. The minimum absolute atomic E-state index is 0.0755. The quantitative estimate of drug-likeness (QED) is 0.544. The van der Waals surface area contributed by atoms with Gasteiger partial charge in [0.2, 0.25) is 5.95 Å². The zero-order valence-corrected chi connectivity index (χ0v) is 19.7. The highest BCUT2D eigenvalue weighted by Crippen LogP contribution is 2.39. The normalized spacial score (nSPS) is 15.9. The van der Waals surface area contributed by atoms with Crippen molar-refractivity contribution in [1.82, 2.24) is 24.5 Å². The standard InChI is InChI=1S/C23H22ClN9O2/c1-35-23(34)32-6-4-14(5-7-32)17-8-13(10-25)9-18(19(17)24)29-22-30-20(28-15-2-3-15)21-27-12-16(11-26)33(21)31-22/h8-9,12,14-15H,2-7H2,1H3,(H2,28,29,30,31). The summed E-state index contributed by atoms with van der Waals surface area (Å²) in [5, 5.41) is 30.5. The van der Waals surface area contributed by atoms with Crippen molar-refractivity contribution in [2.24, 2.45) is 0 Å². The number of aromatic nitrogens is 4. The monoisotopic (exact) mass is 491 g/mol. The second kappa shape index (κ2) is 9.28. The van der Waals surface area contributed by atoms with E-state index >= 15 is 0 Å². The first-order valence-electron chi connectivity index (χ1n) is 11.3. The van der Waals surface area contributed by atoms with Crippen LogP contribution in [-0.2, 0) is 4.74 Å². The number of amides is 1. The topological polar surface area (TPSA) is 144 Å². The third-order valence-corrected chi connectivity index (χ3v) is 6.66. The highest BCUT2D eigenvalue weighted by atomic mass is 35.5. The first kappa shape index (κ1) is 22.7. The van der Waals surface area contributed by atoms with Gasteiger partial charge in [0.1, 0.15) is 6.07 Å². The Kier molecular flexibility index (Phi) is 6.01. The molecule has 2 aromatic heterocycles. The average molecular weight is 492 g/mol. The molecule has 0 atom stereocenters. The van der Waals surface area contributed by atoms with Gasteiger partial charge in [-0.1, -0.05) is 11.6 Å². The SMILES string of the molecule is COC(=O)N1CCC(c2cc(C#N)cc(Nc3nc(NC4CC4)c4ncc(C#N)n4n3)c2Cl)CC1. The van der Waals surface area contributed by atoms with E-state index in [2.05, 4.69) is 37.8 Å². The largest absolute Gasteiger partial charge is 0.453 e. The molecule has 1 aliphatic heterocycles. The van der Waals surface area contributed by atoms with E-state index in [4.69, 9.17) is 16.3 Å². The molecule has 0 radical (unpaired) electrons. The molecule has 5 rings (SSSR count). The second-order valence-corrected chi connectivity index (χ2v) is 8.97. The van der Waals surface area contributed by atoms with Crippen LogP contribution in [0.25, 0.3) is 5.65 Å². The number of hydrogen-bond acceptors (Lipinski definition) is 9. The summed E-state index contributed by atoms with van der Waals surface area (Å²) >= 11 is 6.82. The molecule has 2 N–H and O–H groups in total. The molecule has 12 heteroatoms. The van der Waals surface area contributed by atoms with Crippen molar-refractivity contribution in [3.05, 3.63) is 40.2 Å². The maximum absolute atomic E-state index is 11.8. The lowest BCUT2D eigenvalue weighted by Gasteiger charge is -2.31. The number of nitrogens with one attached hydrogen (secondary N) is 2. The van der Waals surface area contributed by atoms with Crippen LogP contribution in [0.2, 0.25) is 5.02 Å². The number of carbonyl (C=O) groups is 1. The van der Waals surface area contributed by atoms with Gasteiger partial charge >= 0.3 is 6.09 Å². The first-order valence-corrected chi connectivity index (χ1v) is 11.6. The molecule has 1 amide bonds. The van der Waals surface area contributed by atoms with Crippen LogP contribution in [0, 0.1) is 22.7 Å². The van der Waals surface area contributed by atoms with Gasteiger partial charge in [0, 0.05) is 19.1 Å². The van der Waals surface area contributed by atoms with Crippen LogP contribution in [-0.4, -0.2) is 56.8 Å². The maximum atomic E-state index is 11.8. The zero-order chi connectivity index (χ0) is 24.5.